The van der Waals surface area contributed by atoms with Gasteiger partial charge in [0.2, 0.25) is 5.91 Å². The molecule has 4 heteroatoms. The number of nitrogens with one attached hydrogen (secondary N) is 2. The number of aromatic nitrogens is 1. The molecule has 0 atom stereocenters. The minimum absolute atomic E-state index is 0.0607. The molecule has 20 heavy (non-hydrogen) atoms. The zero-order valence-corrected chi connectivity index (χ0v) is 10.9. The number of amides is 1. The summed E-state index contributed by atoms with van der Waals surface area (Å²) in [7, 11) is 0. The van der Waals surface area contributed by atoms with Crippen LogP contribution >= 0.6 is 0 Å². The monoisotopic (exact) mass is 264 g/mol. The lowest BCUT2D eigenvalue weighted by Crippen LogP contribution is -2.09. The summed E-state index contributed by atoms with van der Waals surface area (Å²) in [4.78, 5) is 26.3. The maximum absolute atomic E-state index is 12.1. The summed E-state index contributed by atoms with van der Waals surface area (Å²) < 4.78 is 0. The first-order valence-corrected chi connectivity index (χ1v) is 6.52. The van der Waals surface area contributed by atoms with Crippen molar-refractivity contribution in [3.63, 3.8) is 0 Å². The molecule has 1 amide bonds. The normalized spacial score (nSPS) is 12.4. The number of pyridine rings is 1. The molecule has 0 saturated carbocycles. The standard InChI is InChI=1S/C16H12N2O2/c1-8(19)17-12-5-6-13-15-11(12)7-9-3-2-4-10(14(9)15)16(20)18-13/h2-6H,7H2,1H3,(H,17,19)(H,18,20). The maximum atomic E-state index is 12.1. The van der Waals surface area contributed by atoms with E-state index in [0.29, 0.717) is 5.39 Å². The van der Waals surface area contributed by atoms with Gasteiger partial charge in [0.15, 0.2) is 0 Å². The smallest absolute Gasteiger partial charge is 0.256 e. The molecule has 4 nitrogen and oxygen atoms in total. The third kappa shape index (κ3) is 1.36. The van der Waals surface area contributed by atoms with Gasteiger partial charge in [0.25, 0.3) is 5.56 Å². The third-order valence-electron chi connectivity index (χ3n) is 3.88. The molecule has 98 valence electrons. The van der Waals surface area contributed by atoms with E-state index in [1.54, 1.807) is 0 Å². The molecule has 1 aromatic heterocycles. The van der Waals surface area contributed by atoms with Crippen LogP contribution in [0.15, 0.2) is 35.1 Å². The van der Waals surface area contributed by atoms with E-state index in [1.807, 2.05) is 30.3 Å². The molecule has 0 bridgehead atoms. The van der Waals surface area contributed by atoms with Crippen molar-refractivity contribution < 1.29 is 4.79 Å². The van der Waals surface area contributed by atoms with Crippen LogP contribution in [-0.2, 0) is 11.2 Å². The van der Waals surface area contributed by atoms with Crippen molar-refractivity contribution in [1.29, 1.82) is 0 Å². The van der Waals surface area contributed by atoms with Crippen LogP contribution in [0.4, 0.5) is 5.69 Å². The van der Waals surface area contributed by atoms with Crippen molar-refractivity contribution in [2.45, 2.75) is 13.3 Å². The molecule has 2 aromatic carbocycles. The highest BCUT2D eigenvalue weighted by molar-refractivity contribution is 6.14. The van der Waals surface area contributed by atoms with Gasteiger partial charge in [-0.3, -0.25) is 9.59 Å². The largest absolute Gasteiger partial charge is 0.326 e. The molecule has 3 aromatic rings. The van der Waals surface area contributed by atoms with E-state index in [2.05, 4.69) is 10.3 Å². The van der Waals surface area contributed by atoms with Crippen LogP contribution in [0, 0.1) is 0 Å². The van der Waals surface area contributed by atoms with Gasteiger partial charge in [0.05, 0.1) is 0 Å². The Bertz CT molecular complexity index is 954. The number of carbonyl (C=O) groups excluding carboxylic acids is 1. The molecule has 1 aliphatic carbocycles. The molecular formula is C16H12N2O2. The second-order valence-corrected chi connectivity index (χ2v) is 5.17. The van der Waals surface area contributed by atoms with Gasteiger partial charge in [-0.15, -0.1) is 0 Å². The number of H-pyrrole nitrogens is 1. The van der Waals surface area contributed by atoms with Gasteiger partial charge in [-0.1, -0.05) is 12.1 Å². The molecule has 0 fully saturated rings. The van der Waals surface area contributed by atoms with Crippen LogP contribution < -0.4 is 10.9 Å². The highest BCUT2D eigenvalue weighted by atomic mass is 16.1. The molecular weight excluding hydrogens is 252 g/mol. The predicted octanol–water partition coefficient (Wildman–Crippen LogP) is 2.54. The first kappa shape index (κ1) is 11.2. The first-order chi connectivity index (χ1) is 9.65. The van der Waals surface area contributed by atoms with Crippen molar-refractivity contribution >= 4 is 33.3 Å². The SMILES string of the molecule is CC(=O)Nc1ccc2[nH]c(=O)c3cccc4c3c2c1C4. The van der Waals surface area contributed by atoms with Gasteiger partial charge in [-0.2, -0.15) is 0 Å². The highest BCUT2D eigenvalue weighted by Crippen LogP contribution is 2.39. The van der Waals surface area contributed by atoms with E-state index in [1.165, 1.54) is 6.92 Å². The lowest BCUT2D eigenvalue weighted by Gasteiger charge is -2.09. The predicted molar refractivity (Wildman–Crippen MR) is 79.2 cm³/mol. The Morgan fingerprint density at radius 2 is 2.05 bits per heavy atom. The minimum atomic E-state index is -0.0859. The van der Waals surface area contributed by atoms with E-state index < -0.39 is 0 Å². The van der Waals surface area contributed by atoms with Gasteiger partial charge in [0.1, 0.15) is 0 Å². The zero-order chi connectivity index (χ0) is 13.9. The number of anilines is 1. The highest BCUT2D eigenvalue weighted by Gasteiger charge is 2.21. The van der Waals surface area contributed by atoms with E-state index >= 15 is 0 Å². The van der Waals surface area contributed by atoms with Gasteiger partial charge in [0, 0.05) is 40.7 Å². The summed E-state index contributed by atoms with van der Waals surface area (Å²) in [6, 6.07) is 9.50. The summed E-state index contributed by atoms with van der Waals surface area (Å²) in [6.45, 7) is 1.50. The lowest BCUT2D eigenvalue weighted by atomic mass is 10.1. The van der Waals surface area contributed by atoms with Crippen LogP contribution in [0.1, 0.15) is 18.1 Å². The third-order valence-corrected chi connectivity index (χ3v) is 3.88. The Kier molecular flexibility index (Phi) is 2.07. The Morgan fingerprint density at radius 1 is 1.20 bits per heavy atom. The van der Waals surface area contributed by atoms with Crippen LogP contribution in [-0.4, -0.2) is 10.9 Å². The molecule has 1 heterocycles. The molecule has 0 aliphatic heterocycles. The second kappa shape index (κ2) is 3.70. The van der Waals surface area contributed by atoms with Gasteiger partial charge < -0.3 is 10.3 Å². The summed E-state index contributed by atoms with van der Waals surface area (Å²) in [5, 5.41) is 5.67. The molecule has 0 unspecified atom stereocenters. The van der Waals surface area contributed by atoms with Crippen molar-refractivity contribution in [2.75, 3.05) is 5.32 Å². The number of hydrogen-bond donors (Lipinski definition) is 2. The van der Waals surface area contributed by atoms with Gasteiger partial charge >= 0.3 is 0 Å². The lowest BCUT2D eigenvalue weighted by molar-refractivity contribution is -0.114. The van der Waals surface area contributed by atoms with E-state index in [4.69, 9.17) is 0 Å². The number of hydrogen-bond acceptors (Lipinski definition) is 2. The van der Waals surface area contributed by atoms with E-state index in [0.717, 1.165) is 39.5 Å². The molecule has 4 rings (SSSR count). The second-order valence-electron chi connectivity index (χ2n) is 5.17. The zero-order valence-electron chi connectivity index (χ0n) is 10.9. The summed E-state index contributed by atoms with van der Waals surface area (Å²) in [5.74, 6) is -0.0859. The maximum Gasteiger partial charge on any atom is 0.256 e. The van der Waals surface area contributed by atoms with Crippen LogP contribution in [0.5, 0.6) is 0 Å². The van der Waals surface area contributed by atoms with Crippen LogP contribution in [0.2, 0.25) is 0 Å². The minimum Gasteiger partial charge on any atom is -0.326 e. The Labute approximate surface area is 114 Å². The molecule has 2 N–H and O–H groups in total. The molecule has 0 spiro atoms. The first-order valence-electron chi connectivity index (χ1n) is 6.52. The Morgan fingerprint density at radius 3 is 2.85 bits per heavy atom. The fraction of sp³-hybridized carbons (Fsp3) is 0.125. The summed E-state index contributed by atoms with van der Waals surface area (Å²) >= 11 is 0. The van der Waals surface area contributed by atoms with Crippen molar-refractivity contribution in [1.82, 2.24) is 4.98 Å². The topological polar surface area (TPSA) is 62.0 Å². The average molecular weight is 264 g/mol. The number of carbonyl (C=O) groups is 1. The van der Waals surface area contributed by atoms with Crippen molar-refractivity contribution in [3.05, 3.63) is 51.8 Å². The molecule has 0 radical (unpaired) electrons. The quantitative estimate of drug-likeness (QED) is 0.519. The van der Waals surface area contributed by atoms with Crippen LogP contribution in [0.3, 0.4) is 0 Å². The number of benzene rings is 2. The fourth-order valence-electron chi connectivity index (χ4n) is 3.14. The molecule has 1 aliphatic rings. The van der Waals surface area contributed by atoms with Gasteiger partial charge in [-0.05, 0) is 29.3 Å². The van der Waals surface area contributed by atoms with Crippen molar-refractivity contribution in [2.24, 2.45) is 0 Å². The summed E-state index contributed by atoms with van der Waals surface area (Å²) in [6.07, 6.45) is 0.747. The Hall–Kier alpha value is -2.62. The summed E-state index contributed by atoms with van der Waals surface area (Å²) in [5.41, 5.74) is 3.83. The Balaban J connectivity index is 2.18. The van der Waals surface area contributed by atoms with Gasteiger partial charge in [-0.25, -0.2) is 0 Å². The number of aromatic amines is 1. The van der Waals surface area contributed by atoms with E-state index in [-0.39, 0.29) is 11.5 Å². The fourth-order valence-corrected chi connectivity index (χ4v) is 3.14. The van der Waals surface area contributed by atoms with Crippen molar-refractivity contribution in [3.8, 4) is 0 Å². The average Bonchev–Trinajstić information content (AvgIpc) is 2.80. The van der Waals surface area contributed by atoms with E-state index in [9.17, 15) is 9.59 Å². The molecule has 0 saturated heterocycles. The van der Waals surface area contributed by atoms with Crippen LogP contribution in [0.25, 0.3) is 21.7 Å². The number of rotatable bonds is 1.